The van der Waals surface area contributed by atoms with Gasteiger partial charge in [0, 0.05) is 38.6 Å². The summed E-state index contributed by atoms with van der Waals surface area (Å²) in [6.45, 7) is 7.40. The molecular formula is C21H35IN4O3S. The van der Waals surface area contributed by atoms with Gasteiger partial charge in [-0.15, -0.1) is 24.0 Å². The molecule has 1 fully saturated rings. The van der Waals surface area contributed by atoms with Crippen molar-refractivity contribution in [3.63, 3.8) is 0 Å². The van der Waals surface area contributed by atoms with Crippen LogP contribution < -0.4 is 15.4 Å². The molecule has 0 amide bonds. The molecule has 170 valence electrons. The van der Waals surface area contributed by atoms with E-state index in [0.717, 1.165) is 50.5 Å². The molecule has 0 saturated carbocycles. The molecule has 7 nitrogen and oxygen atoms in total. The Balaban J connectivity index is 0.00000320. The zero-order valence-corrected chi connectivity index (χ0v) is 21.2. The molecule has 2 N–H and O–H groups in total. The van der Waals surface area contributed by atoms with Crippen molar-refractivity contribution < 1.29 is 13.2 Å². The summed E-state index contributed by atoms with van der Waals surface area (Å²) in [6.07, 6.45) is 4.15. The van der Waals surface area contributed by atoms with Gasteiger partial charge in [0.05, 0.1) is 12.4 Å². The number of fused-ring (bicyclic) bond motifs is 1. The van der Waals surface area contributed by atoms with Crippen molar-refractivity contribution in [3.8, 4) is 5.75 Å². The van der Waals surface area contributed by atoms with E-state index in [1.54, 1.807) is 4.31 Å². The van der Waals surface area contributed by atoms with Crippen LogP contribution in [0, 0.1) is 0 Å². The molecule has 2 heterocycles. The molecule has 0 aliphatic carbocycles. The summed E-state index contributed by atoms with van der Waals surface area (Å²) < 4.78 is 31.7. The second-order valence-corrected chi connectivity index (χ2v) is 9.77. The van der Waals surface area contributed by atoms with Crippen LogP contribution in [0.3, 0.4) is 0 Å². The first kappa shape index (κ1) is 25.2. The third-order valence-electron chi connectivity index (χ3n) is 5.42. The van der Waals surface area contributed by atoms with E-state index >= 15 is 0 Å². The highest BCUT2D eigenvalue weighted by Gasteiger charge is 2.27. The largest absolute Gasteiger partial charge is 0.493 e. The first-order valence-corrected chi connectivity index (χ1v) is 12.4. The molecule has 0 spiro atoms. The maximum atomic E-state index is 12.2. The fourth-order valence-corrected chi connectivity index (χ4v) is 5.41. The third kappa shape index (κ3) is 6.98. The van der Waals surface area contributed by atoms with Crippen molar-refractivity contribution in [2.24, 2.45) is 4.99 Å². The Morgan fingerprint density at radius 2 is 2.03 bits per heavy atom. The number of ether oxygens (including phenoxy) is 1. The number of piperidine rings is 1. The summed E-state index contributed by atoms with van der Waals surface area (Å²) in [5.41, 5.74) is 2.57. The lowest BCUT2D eigenvalue weighted by molar-refractivity contribution is 0.306. The van der Waals surface area contributed by atoms with Crippen molar-refractivity contribution in [3.05, 3.63) is 29.3 Å². The zero-order valence-electron chi connectivity index (χ0n) is 18.0. The van der Waals surface area contributed by atoms with Crippen LogP contribution in [-0.2, 0) is 22.9 Å². The minimum absolute atomic E-state index is 0. The van der Waals surface area contributed by atoms with E-state index in [2.05, 4.69) is 35.8 Å². The second-order valence-electron chi connectivity index (χ2n) is 7.68. The smallest absolute Gasteiger partial charge is 0.214 e. The highest BCUT2D eigenvalue weighted by Crippen LogP contribution is 2.26. The fraction of sp³-hybridized carbons (Fsp3) is 0.667. The molecule has 1 aromatic carbocycles. The van der Waals surface area contributed by atoms with Gasteiger partial charge in [-0.3, -0.25) is 4.99 Å². The van der Waals surface area contributed by atoms with Gasteiger partial charge >= 0.3 is 0 Å². The van der Waals surface area contributed by atoms with Gasteiger partial charge in [0.2, 0.25) is 10.0 Å². The number of guanidine groups is 1. The van der Waals surface area contributed by atoms with Crippen LogP contribution >= 0.6 is 24.0 Å². The lowest BCUT2D eigenvalue weighted by Crippen LogP contribution is -2.50. The molecule has 1 saturated heterocycles. The monoisotopic (exact) mass is 550 g/mol. The SMILES string of the molecule is CCCS(=O)(=O)N1CCC(NC(=NCCc2ccc3c(c2)CCO3)NCC)CC1.I. The number of nitrogens with one attached hydrogen (secondary N) is 2. The van der Waals surface area contributed by atoms with Crippen molar-refractivity contribution in [2.45, 2.75) is 52.0 Å². The van der Waals surface area contributed by atoms with Gasteiger partial charge in [0.15, 0.2) is 5.96 Å². The summed E-state index contributed by atoms with van der Waals surface area (Å²) in [5, 5.41) is 6.79. The molecule has 2 aliphatic heterocycles. The van der Waals surface area contributed by atoms with Gasteiger partial charge < -0.3 is 15.4 Å². The van der Waals surface area contributed by atoms with Crippen LogP contribution in [0.5, 0.6) is 5.75 Å². The summed E-state index contributed by atoms with van der Waals surface area (Å²) in [5.74, 6) is 2.07. The van der Waals surface area contributed by atoms with E-state index in [0.29, 0.717) is 26.1 Å². The van der Waals surface area contributed by atoms with Gasteiger partial charge in [0.1, 0.15) is 5.75 Å². The van der Waals surface area contributed by atoms with E-state index in [1.165, 1.54) is 11.1 Å². The Labute approximate surface area is 198 Å². The number of sulfonamides is 1. The van der Waals surface area contributed by atoms with Crippen LogP contribution in [0.4, 0.5) is 0 Å². The maximum absolute atomic E-state index is 12.2. The maximum Gasteiger partial charge on any atom is 0.214 e. The highest BCUT2D eigenvalue weighted by atomic mass is 127. The second kappa shape index (κ2) is 12.1. The molecule has 0 aromatic heterocycles. The molecular weight excluding hydrogens is 515 g/mol. The Morgan fingerprint density at radius 1 is 1.27 bits per heavy atom. The van der Waals surface area contributed by atoms with Gasteiger partial charge in [0.25, 0.3) is 0 Å². The van der Waals surface area contributed by atoms with E-state index in [9.17, 15) is 8.42 Å². The van der Waals surface area contributed by atoms with Crippen molar-refractivity contribution in [1.29, 1.82) is 0 Å². The quantitative estimate of drug-likeness (QED) is 0.296. The average Bonchev–Trinajstić information content (AvgIpc) is 3.16. The van der Waals surface area contributed by atoms with Gasteiger partial charge in [-0.05, 0) is 49.8 Å². The number of rotatable bonds is 8. The topological polar surface area (TPSA) is 83.0 Å². The number of aliphatic imine (C=N–C) groups is 1. The van der Waals surface area contributed by atoms with Gasteiger partial charge in [-0.25, -0.2) is 12.7 Å². The first-order valence-electron chi connectivity index (χ1n) is 10.8. The van der Waals surface area contributed by atoms with E-state index in [-0.39, 0.29) is 35.8 Å². The molecule has 9 heteroatoms. The van der Waals surface area contributed by atoms with Crippen LogP contribution in [0.25, 0.3) is 0 Å². The molecule has 0 unspecified atom stereocenters. The summed E-state index contributed by atoms with van der Waals surface area (Å²) >= 11 is 0. The van der Waals surface area contributed by atoms with Crippen LogP contribution in [0.1, 0.15) is 44.2 Å². The number of hydrogen-bond acceptors (Lipinski definition) is 4. The van der Waals surface area contributed by atoms with Crippen molar-refractivity contribution >= 4 is 40.0 Å². The van der Waals surface area contributed by atoms with E-state index in [4.69, 9.17) is 9.73 Å². The Kier molecular flexibility index (Phi) is 10.2. The Morgan fingerprint density at radius 3 is 2.73 bits per heavy atom. The molecule has 0 radical (unpaired) electrons. The lowest BCUT2D eigenvalue weighted by atomic mass is 10.1. The third-order valence-corrected chi connectivity index (χ3v) is 7.49. The predicted octanol–water partition coefficient (Wildman–Crippen LogP) is 2.54. The molecule has 2 aliphatic rings. The van der Waals surface area contributed by atoms with Gasteiger partial charge in [-0.2, -0.15) is 0 Å². The number of hydrogen-bond donors (Lipinski definition) is 2. The van der Waals surface area contributed by atoms with Crippen molar-refractivity contribution in [2.75, 3.05) is 38.5 Å². The molecule has 3 rings (SSSR count). The van der Waals surface area contributed by atoms with E-state index in [1.807, 2.05) is 6.92 Å². The average molecular weight is 551 g/mol. The summed E-state index contributed by atoms with van der Waals surface area (Å²) in [6, 6.07) is 6.65. The minimum atomic E-state index is -3.09. The molecule has 0 bridgehead atoms. The lowest BCUT2D eigenvalue weighted by Gasteiger charge is -2.32. The summed E-state index contributed by atoms with van der Waals surface area (Å²) in [4.78, 5) is 4.72. The highest BCUT2D eigenvalue weighted by molar-refractivity contribution is 14.0. The number of halogens is 1. The predicted molar refractivity (Wildman–Crippen MR) is 133 cm³/mol. The number of benzene rings is 1. The van der Waals surface area contributed by atoms with E-state index < -0.39 is 10.0 Å². The van der Waals surface area contributed by atoms with Crippen LogP contribution in [0.2, 0.25) is 0 Å². The zero-order chi connectivity index (χ0) is 20.7. The summed E-state index contributed by atoms with van der Waals surface area (Å²) in [7, 11) is -3.09. The van der Waals surface area contributed by atoms with Crippen LogP contribution in [-0.4, -0.2) is 63.3 Å². The number of nitrogens with zero attached hydrogens (tertiary/aromatic N) is 2. The normalized spacial score (nSPS) is 17.7. The first-order chi connectivity index (χ1) is 14.0. The van der Waals surface area contributed by atoms with Crippen LogP contribution in [0.15, 0.2) is 23.2 Å². The standard InChI is InChI=1S/C21H34N4O3S.HI/c1-3-15-29(26,27)25-12-8-19(9-13-25)24-21(22-4-2)23-11-7-17-5-6-20-18(16-17)10-14-28-20;/h5-6,16,19H,3-4,7-15H2,1-2H3,(H2,22,23,24);1H. The fourth-order valence-electron chi connectivity index (χ4n) is 3.87. The van der Waals surface area contributed by atoms with Crippen molar-refractivity contribution in [1.82, 2.24) is 14.9 Å². The Hall–Kier alpha value is -1.07. The van der Waals surface area contributed by atoms with Gasteiger partial charge in [-0.1, -0.05) is 19.1 Å². The molecule has 30 heavy (non-hydrogen) atoms. The Bertz CT molecular complexity index is 808. The molecule has 0 atom stereocenters. The molecule has 1 aromatic rings. The minimum Gasteiger partial charge on any atom is -0.493 e.